The van der Waals surface area contributed by atoms with Crippen molar-refractivity contribution in [3.63, 3.8) is 0 Å². The lowest BCUT2D eigenvalue weighted by atomic mass is 10.0. The van der Waals surface area contributed by atoms with Gasteiger partial charge in [0.15, 0.2) is 0 Å². The average Bonchev–Trinajstić information content (AvgIpc) is 2.93. The van der Waals surface area contributed by atoms with Gasteiger partial charge in [0.2, 0.25) is 0 Å². The molecule has 106 valence electrons. The topological polar surface area (TPSA) is 12.4 Å². The van der Waals surface area contributed by atoms with Gasteiger partial charge >= 0.3 is 0 Å². The predicted molar refractivity (Wildman–Crippen MR) is 92.4 cm³/mol. The molecule has 0 heterocycles. The highest BCUT2D eigenvalue weighted by Gasteiger charge is 2.17. The first-order chi connectivity index (χ1) is 10.9. The minimum absolute atomic E-state index is 0.734. The monoisotopic (exact) mass is 283 g/mol. The van der Waals surface area contributed by atoms with Crippen molar-refractivity contribution in [2.24, 2.45) is 4.99 Å². The molecule has 0 spiro atoms. The molecule has 3 aromatic rings. The first-order valence-electron chi connectivity index (χ1n) is 7.65. The van der Waals surface area contributed by atoms with Crippen LogP contribution < -0.4 is 0 Å². The number of hydrogen-bond donors (Lipinski definition) is 0. The third kappa shape index (κ3) is 2.46. The maximum absolute atomic E-state index is 4.56. The van der Waals surface area contributed by atoms with Crippen LogP contribution in [0.2, 0.25) is 0 Å². The number of rotatable bonds is 3. The summed E-state index contributed by atoms with van der Waals surface area (Å²) >= 11 is 0. The second kappa shape index (κ2) is 5.61. The number of benzene rings is 3. The summed E-state index contributed by atoms with van der Waals surface area (Å²) in [5.41, 5.74) is 8.01. The van der Waals surface area contributed by atoms with E-state index in [4.69, 9.17) is 0 Å². The molecule has 0 aliphatic heterocycles. The SMILES string of the molecule is C(=NCc1ccccc1)c1ccc2c(c1)Cc1ccccc1-2. The molecule has 0 saturated carbocycles. The quantitative estimate of drug-likeness (QED) is 0.475. The predicted octanol–water partition coefficient (Wildman–Crippen LogP) is 4.88. The minimum Gasteiger partial charge on any atom is -0.288 e. The van der Waals surface area contributed by atoms with Crippen LogP contribution in [0.3, 0.4) is 0 Å². The summed E-state index contributed by atoms with van der Waals surface area (Å²) in [7, 11) is 0. The highest BCUT2D eigenvalue weighted by Crippen LogP contribution is 2.36. The standard InChI is InChI=1S/C21H17N/c1-2-6-16(7-3-1)14-22-15-17-10-11-21-19(12-17)13-18-8-4-5-9-20(18)21/h1-12,15H,13-14H2. The van der Waals surface area contributed by atoms with Gasteiger partial charge in [0.1, 0.15) is 0 Å². The van der Waals surface area contributed by atoms with E-state index in [1.54, 1.807) is 0 Å². The van der Waals surface area contributed by atoms with Crippen LogP contribution in [0.25, 0.3) is 11.1 Å². The van der Waals surface area contributed by atoms with E-state index in [0.29, 0.717) is 0 Å². The maximum atomic E-state index is 4.56. The van der Waals surface area contributed by atoms with Crippen molar-refractivity contribution in [2.75, 3.05) is 0 Å². The summed E-state index contributed by atoms with van der Waals surface area (Å²) in [6.45, 7) is 0.734. The fraction of sp³-hybridized carbons (Fsp3) is 0.0952. The molecule has 4 rings (SSSR count). The van der Waals surface area contributed by atoms with Gasteiger partial charge in [-0.15, -0.1) is 0 Å². The van der Waals surface area contributed by atoms with Crippen molar-refractivity contribution in [3.8, 4) is 11.1 Å². The van der Waals surface area contributed by atoms with E-state index in [2.05, 4.69) is 71.7 Å². The molecule has 0 bridgehead atoms. The molecule has 1 nitrogen and oxygen atoms in total. The lowest BCUT2D eigenvalue weighted by Crippen LogP contribution is -1.87. The van der Waals surface area contributed by atoms with Gasteiger partial charge in [-0.2, -0.15) is 0 Å². The second-order valence-corrected chi connectivity index (χ2v) is 5.71. The number of hydrogen-bond acceptors (Lipinski definition) is 1. The summed E-state index contributed by atoms with van der Waals surface area (Å²) < 4.78 is 0. The van der Waals surface area contributed by atoms with Gasteiger partial charge in [0.25, 0.3) is 0 Å². The molecule has 0 saturated heterocycles. The Hall–Kier alpha value is -2.67. The van der Waals surface area contributed by atoms with Crippen LogP contribution in [0.4, 0.5) is 0 Å². The Labute approximate surface area is 131 Å². The molecule has 1 aliphatic carbocycles. The van der Waals surface area contributed by atoms with Crippen molar-refractivity contribution >= 4 is 6.21 Å². The highest BCUT2D eigenvalue weighted by molar-refractivity contribution is 5.84. The first kappa shape index (κ1) is 13.0. The Bertz CT molecular complexity index is 832. The maximum Gasteiger partial charge on any atom is 0.0639 e. The third-order valence-corrected chi connectivity index (χ3v) is 4.17. The van der Waals surface area contributed by atoms with Gasteiger partial charge in [-0.1, -0.05) is 66.7 Å². The van der Waals surface area contributed by atoms with E-state index in [-0.39, 0.29) is 0 Å². The smallest absolute Gasteiger partial charge is 0.0639 e. The van der Waals surface area contributed by atoms with Crippen LogP contribution in [0, 0.1) is 0 Å². The van der Waals surface area contributed by atoms with Crippen molar-refractivity contribution < 1.29 is 0 Å². The largest absolute Gasteiger partial charge is 0.288 e. The van der Waals surface area contributed by atoms with Gasteiger partial charge in [-0.05, 0) is 45.9 Å². The van der Waals surface area contributed by atoms with Crippen LogP contribution >= 0.6 is 0 Å². The lowest BCUT2D eigenvalue weighted by molar-refractivity contribution is 1.08. The summed E-state index contributed by atoms with van der Waals surface area (Å²) in [6.07, 6.45) is 3.02. The highest BCUT2D eigenvalue weighted by atomic mass is 14.7. The van der Waals surface area contributed by atoms with Gasteiger partial charge < -0.3 is 0 Å². The summed E-state index contributed by atoms with van der Waals surface area (Å²) in [5, 5.41) is 0. The van der Waals surface area contributed by atoms with E-state index in [1.807, 2.05) is 12.3 Å². The van der Waals surface area contributed by atoms with Crippen molar-refractivity contribution in [2.45, 2.75) is 13.0 Å². The Morgan fingerprint density at radius 3 is 2.45 bits per heavy atom. The zero-order valence-corrected chi connectivity index (χ0v) is 12.4. The average molecular weight is 283 g/mol. The summed E-state index contributed by atoms with van der Waals surface area (Å²) in [4.78, 5) is 4.56. The molecule has 0 radical (unpaired) electrons. The van der Waals surface area contributed by atoms with Gasteiger partial charge in [0, 0.05) is 6.21 Å². The van der Waals surface area contributed by atoms with Crippen LogP contribution in [-0.2, 0) is 13.0 Å². The second-order valence-electron chi connectivity index (χ2n) is 5.71. The molecule has 0 atom stereocenters. The molecule has 0 unspecified atom stereocenters. The first-order valence-corrected chi connectivity index (χ1v) is 7.65. The zero-order valence-electron chi connectivity index (χ0n) is 12.4. The normalized spacial score (nSPS) is 12.4. The molecular formula is C21H17N. The number of fused-ring (bicyclic) bond motifs is 3. The molecule has 0 amide bonds. The van der Waals surface area contributed by atoms with Gasteiger partial charge in [-0.3, -0.25) is 4.99 Å². The Morgan fingerprint density at radius 2 is 1.55 bits per heavy atom. The van der Waals surface area contributed by atoms with E-state index in [9.17, 15) is 0 Å². The molecule has 3 aromatic carbocycles. The molecule has 0 aromatic heterocycles. The number of nitrogens with zero attached hydrogens (tertiary/aromatic N) is 1. The van der Waals surface area contributed by atoms with Crippen molar-refractivity contribution in [3.05, 3.63) is 95.1 Å². The third-order valence-electron chi connectivity index (χ3n) is 4.17. The molecule has 22 heavy (non-hydrogen) atoms. The van der Waals surface area contributed by atoms with Crippen LogP contribution in [0.15, 0.2) is 77.8 Å². The minimum atomic E-state index is 0.734. The Morgan fingerprint density at radius 1 is 0.773 bits per heavy atom. The Balaban J connectivity index is 1.55. The summed E-state index contributed by atoms with van der Waals surface area (Å²) in [5.74, 6) is 0. The van der Waals surface area contributed by atoms with Crippen LogP contribution in [0.1, 0.15) is 22.3 Å². The molecule has 0 N–H and O–H groups in total. The fourth-order valence-electron chi connectivity index (χ4n) is 3.09. The summed E-state index contributed by atoms with van der Waals surface area (Å²) in [6, 6.07) is 25.7. The van der Waals surface area contributed by atoms with Crippen LogP contribution in [-0.4, -0.2) is 6.21 Å². The lowest BCUT2D eigenvalue weighted by Gasteiger charge is -2.02. The molecule has 0 fully saturated rings. The van der Waals surface area contributed by atoms with E-state index < -0.39 is 0 Å². The Kier molecular flexibility index (Phi) is 3.32. The van der Waals surface area contributed by atoms with Crippen molar-refractivity contribution in [1.29, 1.82) is 0 Å². The van der Waals surface area contributed by atoms with E-state index >= 15 is 0 Å². The molecule has 1 aliphatic rings. The molecular weight excluding hydrogens is 266 g/mol. The van der Waals surface area contributed by atoms with E-state index in [1.165, 1.54) is 33.4 Å². The van der Waals surface area contributed by atoms with Crippen molar-refractivity contribution in [1.82, 2.24) is 0 Å². The fourth-order valence-corrected chi connectivity index (χ4v) is 3.09. The number of aliphatic imine (C=N–C) groups is 1. The van der Waals surface area contributed by atoms with Gasteiger partial charge in [0.05, 0.1) is 6.54 Å². The zero-order chi connectivity index (χ0) is 14.8. The van der Waals surface area contributed by atoms with Gasteiger partial charge in [-0.25, -0.2) is 0 Å². The molecule has 1 heteroatoms. The van der Waals surface area contributed by atoms with Crippen LogP contribution in [0.5, 0.6) is 0 Å². The van der Waals surface area contributed by atoms with E-state index in [0.717, 1.165) is 13.0 Å².